The topological polar surface area (TPSA) is 90.4 Å². The molecule has 0 bridgehead atoms. The van der Waals surface area contributed by atoms with Gasteiger partial charge in [-0.1, -0.05) is 25.1 Å². The van der Waals surface area contributed by atoms with Crippen LogP contribution in [0.5, 0.6) is 5.75 Å². The van der Waals surface area contributed by atoms with Crippen LogP contribution < -0.4 is 4.74 Å². The average molecular weight is 490 g/mol. The molecule has 0 aliphatic carbocycles. The molecule has 3 rings (SSSR count). The van der Waals surface area contributed by atoms with E-state index in [1.54, 1.807) is 51.4 Å². The first-order valence-electron chi connectivity index (χ1n) is 11.4. The molecule has 2 aromatic carbocycles. The van der Waals surface area contributed by atoms with Gasteiger partial charge in [-0.15, -0.1) is 0 Å². The van der Waals surface area contributed by atoms with Gasteiger partial charge >= 0.3 is 0 Å². The molecule has 186 valence electrons. The van der Waals surface area contributed by atoms with Crippen LogP contribution in [-0.2, 0) is 10.0 Å². The summed E-state index contributed by atoms with van der Waals surface area (Å²) in [4.78, 5) is 16.0. The number of carbonyl (C=O) groups is 1. The molecule has 0 radical (unpaired) electrons. The Labute approximate surface area is 202 Å². The van der Waals surface area contributed by atoms with Gasteiger partial charge in [0.2, 0.25) is 10.0 Å². The van der Waals surface area contributed by atoms with Gasteiger partial charge < -0.3 is 19.6 Å². The maximum absolute atomic E-state index is 13.6. The van der Waals surface area contributed by atoms with Crippen LogP contribution in [0.25, 0.3) is 11.1 Å². The van der Waals surface area contributed by atoms with Crippen molar-refractivity contribution >= 4 is 15.9 Å². The number of likely N-dealkylation sites (N-methyl/N-ethyl adjacent to an activating group) is 1. The van der Waals surface area contributed by atoms with Gasteiger partial charge in [0.1, 0.15) is 16.7 Å². The normalized spacial score (nSPS) is 21.2. The Hall–Kier alpha value is -2.46. The standard InChI is InChI=1S/C25H35N3O5S/c1-17-14-28(18(2)16-29)34(31,32)24-11-10-20(13-22(24)33-23(17)15-26(3)4)19-8-7-9-21(12-19)25(30)27(5)6/h7-13,17-18,23,29H,14-16H2,1-6H3/t17-,18+,23-/m1/s1. The molecule has 0 spiro atoms. The lowest BCUT2D eigenvalue weighted by molar-refractivity contribution is 0.0812. The molecular weight excluding hydrogens is 454 g/mol. The number of amides is 1. The minimum Gasteiger partial charge on any atom is -0.487 e. The molecule has 8 nitrogen and oxygen atoms in total. The molecule has 0 saturated heterocycles. The number of hydrogen-bond donors (Lipinski definition) is 1. The second kappa shape index (κ2) is 10.4. The number of carbonyl (C=O) groups excluding carboxylic acids is 1. The van der Waals surface area contributed by atoms with Gasteiger partial charge in [0, 0.05) is 44.7 Å². The van der Waals surface area contributed by atoms with Crippen molar-refractivity contribution in [2.24, 2.45) is 5.92 Å². The zero-order valence-corrected chi connectivity index (χ0v) is 21.5. The van der Waals surface area contributed by atoms with Crippen molar-refractivity contribution < 1.29 is 23.1 Å². The number of fused-ring (bicyclic) bond motifs is 1. The molecule has 0 aromatic heterocycles. The van der Waals surface area contributed by atoms with Gasteiger partial charge in [-0.2, -0.15) is 4.31 Å². The largest absolute Gasteiger partial charge is 0.487 e. The number of benzene rings is 2. The summed E-state index contributed by atoms with van der Waals surface area (Å²) in [7, 11) is 3.40. The summed E-state index contributed by atoms with van der Waals surface area (Å²) in [6.45, 7) is 4.25. The minimum atomic E-state index is -3.90. The van der Waals surface area contributed by atoms with Crippen LogP contribution in [0.1, 0.15) is 24.2 Å². The van der Waals surface area contributed by atoms with Crippen molar-refractivity contribution in [3.05, 3.63) is 48.0 Å². The van der Waals surface area contributed by atoms with E-state index in [9.17, 15) is 18.3 Å². The van der Waals surface area contributed by atoms with Crippen LogP contribution in [0, 0.1) is 5.92 Å². The predicted octanol–water partition coefficient (Wildman–Crippen LogP) is 2.39. The highest BCUT2D eigenvalue weighted by molar-refractivity contribution is 7.89. The lowest BCUT2D eigenvalue weighted by atomic mass is 10.0. The van der Waals surface area contributed by atoms with Gasteiger partial charge in [0.05, 0.1) is 6.61 Å². The number of hydrogen-bond acceptors (Lipinski definition) is 6. The van der Waals surface area contributed by atoms with E-state index in [1.165, 1.54) is 9.21 Å². The molecule has 9 heteroatoms. The van der Waals surface area contributed by atoms with E-state index in [1.807, 2.05) is 38.1 Å². The molecule has 3 atom stereocenters. The quantitative estimate of drug-likeness (QED) is 0.670. The van der Waals surface area contributed by atoms with E-state index < -0.39 is 16.1 Å². The van der Waals surface area contributed by atoms with Gasteiger partial charge in [0.15, 0.2) is 0 Å². The summed E-state index contributed by atoms with van der Waals surface area (Å²) in [5, 5.41) is 9.75. The van der Waals surface area contributed by atoms with E-state index in [0.717, 1.165) is 11.1 Å². The Bertz CT molecular complexity index is 1130. The number of nitrogens with zero attached hydrogens (tertiary/aromatic N) is 3. The Morgan fingerprint density at radius 2 is 1.82 bits per heavy atom. The number of sulfonamides is 1. The van der Waals surface area contributed by atoms with E-state index in [4.69, 9.17) is 4.74 Å². The lowest BCUT2D eigenvalue weighted by Gasteiger charge is -2.37. The smallest absolute Gasteiger partial charge is 0.253 e. The zero-order chi connectivity index (χ0) is 25.2. The third-order valence-electron chi connectivity index (χ3n) is 6.06. The van der Waals surface area contributed by atoms with E-state index in [-0.39, 0.29) is 41.7 Å². The molecule has 0 fully saturated rings. The van der Waals surface area contributed by atoms with Gasteiger partial charge in [-0.3, -0.25) is 4.79 Å². The monoisotopic (exact) mass is 489 g/mol. The number of ether oxygens (including phenoxy) is 1. The second-order valence-electron chi connectivity index (χ2n) is 9.44. The minimum absolute atomic E-state index is 0.0766. The molecule has 1 amide bonds. The van der Waals surface area contributed by atoms with Crippen LogP contribution in [0.15, 0.2) is 47.4 Å². The summed E-state index contributed by atoms with van der Waals surface area (Å²) in [5.41, 5.74) is 2.09. The van der Waals surface area contributed by atoms with Crippen molar-refractivity contribution in [3.63, 3.8) is 0 Å². The third-order valence-corrected chi connectivity index (χ3v) is 8.08. The highest BCUT2D eigenvalue weighted by Crippen LogP contribution is 2.36. The summed E-state index contributed by atoms with van der Waals surface area (Å²) >= 11 is 0. The maximum Gasteiger partial charge on any atom is 0.253 e. The molecule has 1 aliphatic rings. The van der Waals surface area contributed by atoms with Gasteiger partial charge in [0.25, 0.3) is 5.91 Å². The van der Waals surface area contributed by atoms with Gasteiger partial charge in [-0.25, -0.2) is 8.42 Å². The Kier molecular flexibility index (Phi) is 8.02. The van der Waals surface area contributed by atoms with Crippen LogP contribution in [0.4, 0.5) is 0 Å². The highest BCUT2D eigenvalue weighted by atomic mass is 32.2. The second-order valence-corrected chi connectivity index (χ2v) is 11.3. The first-order chi connectivity index (χ1) is 15.9. The predicted molar refractivity (Wildman–Crippen MR) is 132 cm³/mol. The Balaban J connectivity index is 2.14. The van der Waals surface area contributed by atoms with Crippen LogP contribution >= 0.6 is 0 Å². The lowest BCUT2D eigenvalue weighted by Crippen LogP contribution is -2.49. The Morgan fingerprint density at radius 1 is 1.15 bits per heavy atom. The average Bonchev–Trinajstić information content (AvgIpc) is 2.79. The van der Waals surface area contributed by atoms with Crippen molar-refractivity contribution in [3.8, 4) is 16.9 Å². The summed E-state index contributed by atoms with van der Waals surface area (Å²) in [5.74, 6) is 0.0554. The first-order valence-corrected chi connectivity index (χ1v) is 12.8. The third kappa shape index (κ3) is 5.43. The van der Waals surface area contributed by atoms with Crippen molar-refractivity contribution in [2.75, 3.05) is 47.9 Å². The van der Waals surface area contributed by atoms with Gasteiger partial charge in [-0.05, 0) is 56.4 Å². The van der Waals surface area contributed by atoms with Crippen LogP contribution in [0.2, 0.25) is 0 Å². The van der Waals surface area contributed by atoms with Crippen LogP contribution in [0.3, 0.4) is 0 Å². The fraction of sp³-hybridized carbons (Fsp3) is 0.480. The number of rotatable bonds is 6. The fourth-order valence-electron chi connectivity index (χ4n) is 4.07. The summed E-state index contributed by atoms with van der Waals surface area (Å²) < 4.78 is 34.9. The van der Waals surface area contributed by atoms with Crippen molar-refractivity contribution in [1.29, 1.82) is 0 Å². The zero-order valence-electron chi connectivity index (χ0n) is 20.7. The van der Waals surface area contributed by atoms with Crippen molar-refractivity contribution in [2.45, 2.75) is 30.9 Å². The van der Waals surface area contributed by atoms with Crippen LogP contribution in [-0.4, -0.2) is 93.6 Å². The molecule has 2 aromatic rings. The van der Waals surface area contributed by atoms with E-state index in [0.29, 0.717) is 12.1 Å². The molecule has 1 heterocycles. The summed E-state index contributed by atoms with van der Waals surface area (Å²) in [6, 6.07) is 11.7. The SMILES string of the molecule is C[C@@H]1CN([C@@H](C)CO)S(=O)(=O)c2ccc(-c3cccc(C(=O)N(C)C)c3)cc2O[C@@H]1CN(C)C. The van der Waals surface area contributed by atoms with Crippen molar-refractivity contribution in [1.82, 2.24) is 14.1 Å². The fourth-order valence-corrected chi connectivity index (χ4v) is 5.90. The molecular formula is C25H35N3O5S. The highest BCUT2D eigenvalue weighted by Gasteiger charge is 2.38. The first kappa shape index (κ1) is 26.2. The molecule has 0 saturated carbocycles. The molecule has 0 unspecified atom stereocenters. The Morgan fingerprint density at radius 3 is 2.44 bits per heavy atom. The molecule has 34 heavy (non-hydrogen) atoms. The number of aliphatic hydroxyl groups is 1. The summed E-state index contributed by atoms with van der Waals surface area (Å²) in [6.07, 6.45) is -0.255. The number of aliphatic hydroxyl groups excluding tert-OH is 1. The molecule has 1 N–H and O–H groups in total. The van der Waals surface area contributed by atoms with E-state index in [2.05, 4.69) is 0 Å². The maximum atomic E-state index is 13.6. The van der Waals surface area contributed by atoms with E-state index >= 15 is 0 Å². The molecule has 1 aliphatic heterocycles.